The van der Waals surface area contributed by atoms with Crippen molar-refractivity contribution in [2.75, 3.05) is 5.32 Å². The van der Waals surface area contributed by atoms with Crippen LogP contribution >= 0.6 is 35.4 Å². The first-order chi connectivity index (χ1) is 9.88. The van der Waals surface area contributed by atoms with Gasteiger partial charge in [-0.15, -0.1) is 0 Å². The van der Waals surface area contributed by atoms with Gasteiger partial charge in [-0.2, -0.15) is 0 Å². The maximum absolute atomic E-state index is 12.1. The van der Waals surface area contributed by atoms with E-state index in [-0.39, 0.29) is 10.0 Å². The maximum Gasteiger partial charge on any atom is 0.263 e. The van der Waals surface area contributed by atoms with Gasteiger partial charge in [0.25, 0.3) is 10.0 Å². The van der Waals surface area contributed by atoms with Crippen LogP contribution in [0.4, 0.5) is 5.69 Å². The number of halogens is 2. The Labute approximate surface area is 138 Å². The van der Waals surface area contributed by atoms with E-state index in [0.29, 0.717) is 15.7 Å². The molecule has 0 unspecified atom stereocenters. The second kappa shape index (κ2) is 6.62. The SMILES string of the molecule is O=S(=O)(NC(=S)Nc1cc(Cl)ccc1Cl)c1ccccc1. The van der Waals surface area contributed by atoms with Gasteiger partial charge in [0, 0.05) is 5.02 Å². The fraction of sp³-hybridized carbons (Fsp3) is 0. The van der Waals surface area contributed by atoms with E-state index < -0.39 is 10.0 Å². The van der Waals surface area contributed by atoms with Gasteiger partial charge in [0.05, 0.1) is 15.6 Å². The van der Waals surface area contributed by atoms with Crippen molar-refractivity contribution in [3.05, 3.63) is 58.6 Å². The summed E-state index contributed by atoms with van der Waals surface area (Å²) < 4.78 is 26.4. The zero-order chi connectivity index (χ0) is 15.5. The van der Waals surface area contributed by atoms with Gasteiger partial charge in [0.15, 0.2) is 5.11 Å². The van der Waals surface area contributed by atoms with Crippen LogP contribution in [-0.4, -0.2) is 13.5 Å². The summed E-state index contributed by atoms with van der Waals surface area (Å²) in [6, 6.07) is 12.7. The van der Waals surface area contributed by atoms with Crippen LogP contribution in [0.1, 0.15) is 0 Å². The molecule has 0 aliphatic heterocycles. The van der Waals surface area contributed by atoms with Crippen LogP contribution in [0.25, 0.3) is 0 Å². The largest absolute Gasteiger partial charge is 0.331 e. The van der Waals surface area contributed by atoms with Crippen LogP contribution < -0.4 is 10.0 Å². The Morgan fingerprint density at radius 2 is 1.71 bits per heavy atom. The third kappa shape index (κ3) is 4.31. The molecule has 8 heteroatoms. The van der Waals surface area contributed by atoms with E-state index in [9.17, 15) is 8.42 Å². The molecule has 0 saturated heterocycles. The quantitative estimate of drug-likeness (QED) is 0.819. The number of nitrogens with one attached hydrogen (secondary N) is 2. The van der Waals surface area contributed by atoms with Gasteiger partial charge in [0.2, 0.25) is 0 Å². The molecule has 0 aromatic heterocycles. The van der Waals surface area contributed by atoms with Crippen LogP contribution in [0.2, 0.25) is 10.0 Å². The normalized spacial score (nSPS) is 11.0. The van der Waals surface area contributed by atoms with E-state index in [1.165, 1.54) is 12.1 Å². The van der Waals surface area contributed by atoms with Crippen LogP contribution in [0.15, 0.2) is 53.4 Å². The van der Waals surface area contributed by atoms with Crippen LogP contribution in [-0.2, 0) is 10.0 Å². The van der Waals surface area contributed by atoms with E-state index in [1.54, 1.807) is 36.4 Å². The molecule has 0 heterocycles. The number of hydrogen-bond donors (Lipinski definition) is 2. The van der Waals surface area contributed by atoms with Gasteiger partial charge in [0.1, 0.15) is 0 Å². The zero-order valence-electron chi connectivity index (χ0n) is 10.5. The van der Waals surface area contributed by atoms with E-state index in [2.05, 4.69) is 10.0 Å². The highest BCUT2D eigenvalue weighted by molar-refractivity contribution is 7.92. The van der Waals surface area contributed by atoms with Crippen molar-refractivity contribution in [1.82, 2.24) is 4.72 Å². The molecule has 0 radical (unpaired) electrons. The van der Waals surface area contributed by atoms with Crippen molar-refractivity contribution in [2.45, 2.75) is 4.90 Å². The minimum absolute atomic E-state index is 0.0944. The number of anilines is 1. The monoisotopic (exact) mass is 360 g/mol. The number of hydrogen-bond acceptors (Lipinski definition) is 3. The molecule has 110 valence electrons. The van der Waals surface area contributed by atoms with Crippen molar-refractivity contribution < 1.29 is 8.42 Å². The van der Waals surface area contributed by atoms with Crippen molar-refractivity contribution >= 4 is 56.2 Å². The van der Waals surface area contributed by atoms with Gasteiger partial charge in [-0.1, -0.05) is 41.4 Å². The van der Waals surface area contributed by atoms with Crippen LogP contribution in [0, 0.1) is 0 Å². The number of thiocarbonyl (C=S) groups is 1. The molecule has 2 aromatic rings. The molecular formula is C13H10Cl2N2O2S2. The average molecular weight is 361 g/mol. The third-order valence-electron chi connectivity index (χ3n) is 2.46. The molecule has 2 aromatic carbocycles. The fourth-order valence-corrected chi connectivity index (χ4v) is 3.23. The first-order valence-electron chi connectivity index (χ1n) is 5.72. The number of rotatable bonds is 3. The highest BCUT2D eigenvalue weighted by atomic mass is 35.5. The summed E-state index contributed by atoms with van der Waals surface area (Å²) in [5.74, 6) is 0. The topological polar surface area (TPSA) is 58.2 Å². The third-order valence-corrected chi connectivity index (χ3v) is 4.72. The standard InChI is InChI=1S/C13H10Cl2N2O2S2/c14-9-6-7-11(15)12(8-9)16-13(20)17-21(18,19)10-4-2-1-3-5-10/h1-8H,(H2,16,17,20). The second-order valence-corrected chi connectivity index (χ2v) is 6.93. The first kappa shape index (κ1) is 16.0. The molecule has 0 aliphatic rings. The summed E-state index contributed by atoms with van der Waals surface area (Å²) in [6.07, 6.45) is 0. The summed E-state index contributed by atoms with van der Waals surface area (Å²) in [7, 11) is -3.73. The Morgan fingerprint density at radius 3 is 2.38 bits per heavy atom. The fourth-order valence-electron chi connectivity index (χ4n) is 1.52. The number of benzene rings is 2. The van der Waals surface area contributed by atoms with Gasteiger partial charge in [-0.05, 0) is 42.5 Å². The predicted molar refractivity (Wildman–Crippen MR) is 89.4 cm³/mol. The molecule has 0 amide bonds. The highest BCUT2D eigenvalue weighted by Gasteiger charge is 2.15. The van der Waals surface area contributed by atoms with Gasteiger partial charge in [-0.25, -0.2) is 8.42 Å². The molecule has 2 N–H and O–H groups in total. The van der Waals surface area contributed by atoms with E-state index in [0.717, 1.165) is 0 Å². The van der Waals surface area contributed by atoms with Crippen molar-refractivity contribution in [2.24, 2.45) is 0 Å². The lowest BCUT2D eigenvalue weighted by Gasteiger charge is -2.12. The van der Waals surface area contributed by atoms with Crippen LogP contribution in [0.5, 0.6) is 0 Å². The molecule has 0 atom stereocenters. The lowest BCUT2D eigenvalue weighted by molar-refractivity contribution is 0.593. The Balaban J connectivity index is 2.14. The molecule has 21 heavy (non-hydrogen) atoms. The summed E-state index contributed by atoms with van der Waals surface area (Å²) in [6.45, 7) is 0. The predicted octanol–water partition coefficient (Wildman–Crippen LogP) is 3.67. The number of sulfonamides is 1. The molecule has 0 bridgehead atoms. The molecule has 0 fully saturated rings. The second-order valence-electron chi connectivity index (χ2n) is 4.00. The van der Waals surface area contributed by atoms with E-state index >= 15 is 0 Å². The summed E-state index contributed by atoms with van der Waals surface area (Å²) in [5, 5.41) is 3.44. The van der Waals surface area contributed by atoms with E-state index in [1.807, 2.05) is 0 Å². The molecule has 4 nitrogen and oxygen atoms in total. The first-order valence-corrected chi connectivity index (χ1v) is 8.37. The Kier molecular flexibility index (Phi) is 5.05. The highest BCUT2D eigenvalue weighted by Crippen LogP contribution is 2.25. The Morgan fingerprint density at radius 1 is 1.05 bits per heavy atom. The molecular weight excluding hydrogens is 351 g/mol. The Hall–Kier alpha value is -1.34. The minimum Gasteiger partial charge on any atom is -0.331 e. The molecule has 0 saturated carbocycles. The average Bonchev–Trinajstić information content (AvgIpc) is 2.43. The summed E-state index contributed by atoms with van der Waals surface area (Å²) in [4.78, 5) is 0.117. The smallest absolute Gasteiger partial charge is 0.263 e. The zero-order valence-corrected chi connectivity index (χ0v) is 13.7. The molecule has 0 aliphatic carbocycles. The lowest BCUT2D eigenvalue weighted by atomic mass is 10.3. The van der Waals surface area contributed by atoms with Crippen molar-refractivity contribution in [1.29, 1.82) is 0 Å². The van der Waals surface area contributed by atoms with Gasteiger partial charge >= 0.3 is 0 Å². The maximum atomic E-state index is 12.1. The molecule has 0 spiro atoms. The van der Waals surface area contributed by atoms with Crippen molar-refractivity contribution in [3.8, 4) is 0 Å². The lowest BCUT2D eigenvalue weighted by Crippen LogP contribution is -2.34. The van der Waals surface area contributed by atoms with Gasteiger partial charge in [-0.3, -0.25) is 4.72 Å². The van der Waals surface area contributed by atoms with E-state index in [4.69, 9.17) is 35.4 Å². The Bertz CT molecular complexity index is 765. The van der Waals surface area contributed by atoms with Crippen LogP contribution in [0.3, 0.4) is 0 Å². The van der Waals surface area contributed by atoms with Gasteiger partial charge < -0.3 is 5.32 Å². The van der Waals surface area contributed by atoms with Crippen molar-refractivity contribution in [3.63, 3.8) is 0 Å². The minimum atomic E-state index is -3.73. The summed E-state index contributed by atoms with van der Waals surface area (Å²) >= 11 is 16.8. The summed E-state index contributed by atoms with van der Waals surface area (Å²) in [5.41, 5.74) is 0.421. The molecule has 2 rings (SSSR count).